The zero-order valence-corrected chi connectivity index (χ0v) is 11.4. The topological polar surface area (TPSA) is 38.7 Å². The van der Waals surface area contributed by atoms with Gasteiger partial charge in [-0.15, -0.1) is 13.2 Å². The lowest BCUT2D eigenvalue weighted by Crippen LogP contribution is -2.36. The quantitative estimate of drug-likeness (QED) is 0.928. The van der Waals surface area contributed by atoms with Gasteiger partial charge in [0, 0.05) is 17.9 Å². The molecule has 1 saturated heterocycles. The van der Waals surface area contributed by atoms with Gasteiger partial charge in [-0.3, -0.25) is 0 Å². The van der Waals surface area contributed by atoms with Crippen molar-refractivity contribution in [2.24, 2.45) is 0 Å². The van der Waals surface area contributed by atoms with Gasteiger partial charge in [-0.1, -0.05) is 12.1 Å². The first-order valence-corrected chi connectivity index (χ1v) is 7.31. The molecule has 20 heavy (non-hydrogen) atoms. The van der Waals surface area contributed by atoms with Crippen LogP contribution in [0.5, 0.6) is 5.75 Å². The van der Waals surface area contributed by atoms with E-state index in [2.05, 4.69) is 4.74 Å². The van der Waals surface area contributed by atoms with Gasteiger partial charge >= 0.3 is 6.36 Å². The lowest BCUT2D eigenvalue weighted by Gasteiger charge is -2.26. The Balaban J connectivity index is 1.89. The van der Waals surface area contributed by atoms with Crippen molar-refractivity contribution in [3.8, 4) is 5.75 Å². The van der Waals surface area contributed by atoms with Gasteiger partial charge in [0.05, 0.1) is 18.8 Å². The van der Waals surface area contributed by atoms with E-state index in [1.54, 1.807) is 11.8 Å². The predicted molar refractivity (Wildman–Crippen MR) is 69.9 cm³/mol. The standard InChI is InChI=1S/C13H15F3O3S/c14-13(15,16)19-10-3-1-9(2-4-10)7-11(17)12-8-20-6-5-18-12/h1-4,11-12,17H,5-8H2. The van der Waals surface area contributed by atoms with Gasteiger partial charge in [-0.25, -0.2) is 0 Å². The van der Waals surface area contributed by atoms with Gasteiger partial charge in [0.1, 0.15) is 5.75 Å². The Labute approximate surface area is 119 Å². The Morgan fingerprint density at radius 1 is 1.35 bits per heavy atom. The zero-order chi connectivity index (χ0) is 14.6. The van der Waals surface area contributed by atoms with Crippen molar-refractivity contribution in [1.29, 1.82) is 0 Å². The van der Waals surface area contributed by atoms with Crippen LogP contribution in [0.1, 0.15) is 5.56 Å². The van der Waals surface area contributed by atoms with Crippen molar-refractivity contribution in [3.63, 3.8) is 0 Å². The van der Waals surface area contributed by atoms with Crippen molar-refractivity contribution in [2.45, 2.75) is 25.0 Å². The summed E-state index contributed by atoms with van der Waals surface area (Å²) in [5.41, 5.74) is 0.742. The molecule has 1 aromatic carbocycles. The van der Waals surface area contributed by atoms with Crippen molar-refractivity contribution < 1.29 is 27.8 Å². The normalized spacial score (nSPS) is 21.5. The third-order valence-corrected chi connectivity index (χ3v) is 3.89. The summed E-state index contributed by atoms with van der Waals surface area (Å²) in [5, 5.41) is 10.0. The van der Waals surface area contributed by atoms with Crippen LogP contribution in [0.2, 0.25) is 0 Å². The fraction of sp³-hybridized carbons (Fsp3) is 0.538. The first kappa shape index (κ1) is 15.5. The molecule has 2 rings (SSSR count). The fourth-order valence-corrected chi connectivity index (χ4v) is 2.86. The van der Waals surface area contributed by atoms with Crippen LogP contribution in [-0.4, -0.2) is 41.8 Å². The number of benzene rings is 1. The van der Waals surface area contributed by atoms with Gasteiger partial charge in [0.2, 0.25) is 0 Å². The Bertz CT molecular complexity index is 416. The molecule has 0 saturated carbocycles. The maximum absolute atomic E-state index is 12.0. The smallest absolute Gasteiger partial charge is 0.406 e. The van der Waals surface area contributed by atoms with Crippen molar-refractivity contribution in [1.82, 2.24) is 0 Å². The largest absolute Gasteiger partial charge is 0.573 e. The number of halogens is 3. The molecule has 0 radical (unpaired) electrons. The second kappa shape index (κ2) is 6.69. The van der Waals surface area contributed by atoms with Gasteiger partial charge in [0.25, 0.3) is 0 Å². The van der Waals surface area contributed by atoms with E-state index < -0.39 is 12.5 Å². The molecular weight excluding hydrogens is 293 g/mol. The maximum Gasteiger partial charge on any atom is 0.573 e. The Kier molecular flexibility index (Phi) is 5.17. The monoisotopic (exact) mass is 308 g/mol. The Hall–Kier alpha value is -0.920. The predicted octanol–water partition coefficient (Wildman–Crippen LogP) is 2.62. The summed E-state index contributed by atoms with van der Waals surface area (Å²) in [6.07, 6.45) is -5.22. The fourth-order valence-electron chi connectivity index (χ4n) is 1.93. The molecule has 2 unspecified atom stereocenters. The average Bonchev–Trinajstić information content (AvgIpc) is 2.40. The van der Waals surface area contributed by atoms with E-state index in [1.165, 1.54) is 24.3 Å². The summed E-state index contributed by atoms with van der Waals surface area (Å²) < 4.78 is 45.3. The molecule has 0 aromatic heterocycles. The minimum Gasteiger partial charge on any atom is -0.406 e. The second-order valence-electron chi connectivity index (χ2n) is 4.45. The highest BCUT2D eigenvalue weighted by atomic mass is 32.2. The molecule has 1 N–H and O–H groups in total. The molecule has 0 spiro atoms. The van der Waals surface area contributed by atoms with E-state index >= 15 is 0 Å². The number of aliphatic hydroxyl groups excluding tert-OH is 1. The summed E-state index contributed by atoms with van der Waals surface area (Å²) in [6, 6.07) is 5.51. The van der Waals surface area contributed by atoms with Gasteiger partial charge < -0.3 is 14.6 Å². The third kappa shape index (κ3) is 4.88. The molecule has 112 valence electrons. The number of ether oxygens (including phenoxy) is 2. The van der Waals surface area contributed by atoms with E-state index in [1.807, 2.05) is 0 Å². The molecule has 0 amide bonds. The average molecular weight is 308 g/mol. The highest BCUT2D eigenvalue weighted by Gasteiger charge is 2.31. The summed E-state index contributed by atoms with van der Waals surface area (Å²) >= 11 is 1.72. The van der Waals surface area contributed by atoms with Gasteiger partial charge in [0.15, 0.2) is 0 Å². The van der Waals surface area contributed by atoms with Crippen LogP contribution in [0, 0.1) is 0 Å². The molecule has 1 heterocycles. The third-order valence-electron chi connectivity index (χ3n) is 2.87. The lowest BCUT2D eigenvalue weighted by atomic mass is 10.0. The zero-order valence-electron chi connectivity index (χ0n) is 10.6. The molecule has 7 heteroatoms. The molecular formula is C13H15F3O3S. The molecule has 1 aliphatic heterocycles. The molecule has 0 bridgehead atoms. The van der Waals surface area contributed by atoms with Gasteiger partial charge in [-0.05, 0) is 17.7 Å². The van der Waals surface area contributed by atoms with Crippen molar-refractivity contribution in [3.05, 3.63) is 29.8 Å². The second-order valence-corrected chi connectivity index (χ2v) is 5.60. The maximum atomic E-state index is 12.0. The highest BCUT2D eigenvalue weighted by molar-refractivity contribution is 7.99. The Morgan fingerprint density at radius 2 is 2.05 bits per heavy atom. The van der Waals surface area contributed by atoms with Crippen LogP contribution < -0.4 is 4.74 Å². The summed E-state index contributed by atoms with van der Waals surface area (Å²) in [7, 11) is 0. The van der Waals surface area contributed by atoms with Gasteiger partial charge in [-0.2, -0.15) is 11.8 Å². The molecule has 2 atom stereocenters. The van der Waals surface area contributed by atoms with Crippen LogP contribution in [0.15, 0.2) is 24.3 Å². The number of rotatable bonds is 4. The summed E-state index contributed by atoms with van der Waals surface area (Å²) in [4.78, 5) is 0. The molecule has 3 nitrogen and oxygen atoms in total. The van der Waals surface area contributed by atoms with E-state index in [0.717, 1.165) is 17.1 Å². The Morgan fingerprint density at radius 3 is 2.60 bits per heavy atom. The number of hydrogen-bond acceptors (Lipinski definition) is 4. The van der Waals surface area contributed by atoms with E-state index in [4.69, 9.17) is 4.74 Å². The van der Waals surface area contributed by atoms with Crippen LogP contribution in [0.3, 0.4) is 0 Å². The van der Waals surface area contributed by atoms with Crippen LogP contribution >= 0.6 is 11.8 Å². The number of alkyl halides is 3. The van der Waals surface area contributed by atoms with E-state index in [-0.39, 0.29) is 11.9 Å². The summed E-state index contributed by atoms with van der Waals surface area (Å²) in [6.45, 7) is 0.616. The van der Waals surface area contributed by atoms with Crippen molar-refractivity contribution >= 4 is 11.8 Å². The van der Waals surface area contributed by atoms with Crippen LogP contribution in [0.25, 0.3) is 0 Å². The first-order chi connectivity index (χ1) is 9.44. The molecule has 1 fully saturated rings. The summed E-state index contributed by atoms with van der Waals surface area (Å²) in [5.74, 6) is 1.39. The van der Waals surface area contributed by atoms with E-state index in [0.29, 0.717) is 13.0 Å². The SMILES string of the molecule is OC(Cc1ccc(OC(F)(F)F)cc1)C1CSCCO1. The number of hydrogen-bond donors (Lipinski definition) is 1. The highest BCUT2D eigenvalue weighted by Crippen LogP contribution is 2.24. The first-order valence-electron chi connectivity index (χ1n) is 6.16. The molecule has 1 aromatic rings. The lowest BCUT2D eigenvalue weighted by molar-refractivity contribution is -0.274. The van der Waals surface area contributed by atoms with E-state index in [9.17, 15) is 18.3 Å². The number of aliphatic hydroxyl groups is 1. The van der Waals surface area contributed by atoms with Crippen LogP contribution in [-0.2, 0) is 11.2 Å². The minimum absolute atomic E-state index is 0.222. The minimum atomic E-state index is -4.69. The van der Waals surface area contributed by atoms with Crippen molar-refractivity contribution in [2.75, 3.05) is 18.1 Å². The molecule has 0 aliphatic carbocycles. The van der Waals surface area contributed by atoms with Crippen LogP contribution in [0.4, 0.5) is 13.2 Å². The number of thioether (sulfide) groups is 1. The molecule has 1 aliphatic rings.